The van der Waals surface area contributed by atoms with E-state index in [2.05, 4.69) is 62.1 Å². The van der Waals surface area contributed by atoms with Crippen molar-refractivity contribution in [2.75, 3.05) is 0 Å². The van der Waals surface area contributed by atoms with E-state index in [1.165, 1.54) is 68.9 Å². The van der Waals surface area contributed by atoms with Gasteiger partial charge in [-0.2, -0.15) is 0 Å². The highest BCUT2D eigenvalue weighted by molar-refractivity contribution is 5.26. The lowest BCUT2D eigenvalue weighted by Gasteiger charge is -2.26. The summed E-state index contributed by atoms with van der Waals surface area (Å²) in [6.07, 6.45) is 17.8. The molecule has 1 aromatic carbocycles. The summed E-state index contributed by atoms with van der Waals surface area (Å²) in [6.45, 7) is 4.56. The van der Waals surface area contributed by atoms with Gasteiger partial charge in [0, 0.05) is 5.92 Å². The monoisotopic (exact) mass is 348 g/mol. The van der Waals surface area contributed by atoms with Crippen molar-refractivity contribution in [3.05, 3.63) is 47.5 Å². The first-order valence-electron chi connectivity index (χ1n) is 11.0. The van der Waals surface area contributed by atoms with Gasteiger partial charge in [0.2, 0.25) is 0 Å². The number of benzene rings is 1. The zero-order chi connectivity index (χ0) is 18.2. The molecule has 0 heteroatoms. The molecule has 26 heavy (non-hydrogen) atoms. The molecule has 0 unspecified atom stereocenters. The highest BCUT2D eigenvalue weighted by Crippen LogP contribution is 2.35. The second-order valence-corrected chi connectivity index (χ2v) is 8.48. The molecule has 0 N–H and O–H groups in total. The van der Waals surface area contributed by atoms with Crippen LogP contribution in [0.3, 0.4) is 0 Å². The Morgan fingerprint density at radius 3 is 2.19 bits per heavy atom. The van der Waals surface area contributed by atoms with Crippen LogP contribution in [-0.4, -0.2) is 0 Å². The first-order valence-corrected chi connectivity index (χ1v) is 11.0. The molecule has 3 rings (SSSR count). The molecule has 0 spiro atoms. The van der Waals surface area contributed by atoms with Crippen molar-refractivity contribution >= 4 is 0 Å². The maximum atomic E-state index is 3.53. The molecular weight excluding hydrogens is 312 g/mol. The van der Waals surface area contributed by atoms with E-state index in [0.29, 0.717) is 5.92 Å². The number of aryl methyl sites for hydroxylation is 1. The summed E-state index contributed by atoms with van der Waals surface area (Å²) < 4.78 is 0. The maximum absolute atomic E-state index is 3.53. The molecule has 0 bridgehead atoms. The summed E-state index contributed by atoms with van der Waals surface area (Å²) in [5.74, 6) is 10.0. The first kappa shape index (κ1) is 19.3. The van der Waals surface area contributed by atoms with Crippen LogP contribution in [0.25, 0.3) is 0 Å². The highest BCUT2D eigenvalue weighted by Gasteiger charge is 2.21. The van der Waals surface area contributed by atoms with Gasteiger partial charge in [-0.3, -0.25) is 0 Å². The van der Waals surface area contributed by atoms with Crippen LogP contribution in [0.1, 0.15) is 88.7 Å². The SMILES string of the molecule is CCc1ccc(C2CCC(C#C/C=C/C3CCC(CC)CC3)CC2)cc1. The predicted molar refractivity (Wildman–Crippen MR) is 113 cm³/mol. The van der Waals surface area contributed by atoms with Crippen molar-refractivity contribution in [1.82, 2.24) is 0 Å². The van der Waals surface area contributed by atoms with Crippen LogP contribution < -0.4 is 0 Å². The van der Waals surface area contributed by atoms with Crippen LogP contribution in [-0.2, 0) is 6.42 Å². The molecular formula is C26H36. The summed E-state index contributed by atoms with van der Waals surface area (Å²) >= 11 is 0. The third kappa shape index (κ3) is 5.51. The fourth-order valence-electron chi connectivity index (χ4n) is 4.74. The van der Waals surface area contributed by atoms with E-state index in [0.717, 1.165) is 24.2 Å². The van der Waals surface area contributed by atoms with E-state index >= 15 is 0 Å². The molecule has 0 aliphatic heterocycles. The number of hydrogen-bond acceptors (Lipinski definition) is 0. The largest absolute Gasteiger partial charge is 0.0951 e. The number of allylic oxidation sites excluding steroid dienone is 2. The number of hydrogen-bond donors (Lipinski definition) is 0. The maximum Gasteiger partial charge on any atom is 0.0206 e. The van der Waals surface area contributed by atoms with Crippen LogP contribution in [0.5, 0.6) is 0 Å². The van der Waals surface area contributed by atoms with Gasteiger partial charge in [-0.25, -0.2) is 0 Å². The van der Waals surface area contributed by atoms with Crippen LogP contribution in [0, 0.1) is 29.6 Å². The van der Waals surface area contributed by atoms with Crippen molar-refractivity contribution in [2.45, 2.75) is 84.0 Å². The average molecular weight is 349 g/mol. The standard InChI is InChI=1S/C26H36/c1-3-21-9-11-23(12-10-21)7-5-6-8-24-15-19-26(20-16-24)25-17-13-22(4-2)14-18-25/h5,7,13-14,17-18,21,23-24,26H,3-4,9-12,15-16,19-20H2,1-2H3/b7-5+. The first-order chi connectivity index (χ1) is 12.8. The van der Waals surface area contributed by atoms with Gasteiger partial charge >= 0.3 is 0 Å². The molecule has 2 aliphatic carbocycles. The molecule has 1 aromatic rings. The zero-order valence-corrected chi connectivity index (χ0v) is 16.8. The van der Waals surface area contributed by atoms with E-state index in [1.807, 2.05) is 0 Å². The van der Waals surface area contributed by atoms with Crippen molar-refractivity contribution in [3.63, 3.8) is 0 Å². The molecule has 140 valence electrons. The van der Waals surface area contributed by atoms with Crippen molar-refractivity contribution < 1.29 is 0 Å². The molecule has 0 atom stereocenters. The third-order valence-electron chi connectivity index (χ3n) is 6.79. The normalized spacial score (nSPS) is 29.3. The summed E-state index contributed by atoms with van der Waals surface area (Å²) in [5.41, 5.74) is 2.99. The van der Waals surface area contributed by atoms with Gasteiger partial charge in [0.05, 0.1) is 0 Å². The quantitative estimate of drug-likeness (QED) is 0.501. The lowest BCUT2D eigenvalue weighted by molar-refractivity contribution is 0.304. The van der Waals surface area contributed by atoms with Crippen LogP contribution in [0.4, 0.5) is 0 Å². The average Bonchev–Trinajstić information content (AvgIpc) is 2.72. The van der Waals surface area contributed by atoms with Gasteiger partial charge < -0.3 is 0 Å². The van der Waals surface area contributed by atoms with E-state index in [4.69, 9.17) is 0 Å². The van der Waals surface area contributed by atoms with E-state index in [1.54, 1.807) is 0 Å². The Balaban J connectivity index is 1.41. The van der Waals surface area contributed by atoms with Crippen LogP contribution >= 0.6 is 0 Å². The van der Waals surface area contributed by atoms with Gasteiger partial charge in [0.1, 0.15) is 0 Å². The van der Waals surface area contributed by atoms with Crippen LogP contribution in [0.15, 0.2) is 36.4 Å². The minimum Gasteiger partial charge on any atom is -0.0951 e. The predicted octanol–water partition coefficient (Wildman–Crippen LogP) is 7.30. The highest BCUT2D eigenvalue weighted by atomic mass is 14.3. The molecule has 0 nitrogen and oxygen atoms in total. The Morgan fingerprint density at radius 2 is 1.58 bits per heavy atom. The van der Waals surface area contributed by atoms with Gasteiger partial charge in [0.15, 0.2) is 0 Å². The van der Waals surface area contributed by atoms with Gasteiger partial charge in [-0.1, -0.05) is 62.5 Å². The molecule has 0 saturated heterocycles. The smallest absolute Gasteiger partial charge is 0.0206 e. The lowest BCUT2D eigenvalue weighted by Crippen LogP contribution is -2.12. The molecule has 2 fully saturated rings. The van der Waals surface area contributed by atoms with Gasteiger partial charge in [0.25, 0.3) is 0 Å². The van der Waals surface area contributed by atoms with Gasteiger partial charge in [-0.15, -0.1) is 0 Å². The van der Waals surface area contributed by atoms with Crippen molar-refractivity contribution in [2.24, 2.45) is 17.8 Å². The Morgan fingerprint density at radius 1 is 0.885 bits per heavy atom. The molecule has 2 aliphatic rings. The van der Waals surface area contributed by atoms with Crippen molar-refractivity contribution in [3.8, 4) is 11.8 Å². The van der Waals surface area contributed by atoms with E-state index in [-0.39, 0.29) is 0 Å². The summed E-state index contributed by atoms with van der Waals surface area (Å²) in [5, 5.41) is 0. The Labute approximate surface area is 161 Å². The minimum atomic E-state index is 0.613. The Hall–Kier alpha value is -1.48. The van der Waals surface area contributed by atoms with E-state index in [9.17, 15) is 0 Å². The fraction of sp³-hybridized carbons (Fsp3) is 0.615. The van der Waals surface area contributed by atoms with E-state index < -0.39 is 0 Å². The Kier molecular flexibility index (Phi) is 7.43. The van der Waals surface area contributed by atoms with Gasteiger partial charge in [-0.05, 0) is 92.7 Å². The summed E-state index contributed by atoms with van der Waals surface area (Å²) in [7, 11) is 0. The molecule has 0 amide bonds. The fourth-order valence-corrected chi connectivity index (χ4v) is 4.74. The second-order valence-electron chi connectivity index (χ2n) is 8.48. The lowest BCUT2D eigenvalue weighted by atomic mass is 9.79. The van der Waals surface area contributed by atoms with Crippen LogP contribution in [0.2, 0.25) is 0 Å². The molecule has 2 saturated carbocycles. The topological polar surface area (TPSA) is 0 Å². The molecule has 0 aromatic heterocycles. The van der Waals surface area contributed by atoms with Crippen molar-refractivity contribution in [1.29, 1.82) is 0 Å². The second kappa shape index (κ2) is 10.0. The Bertz CT molecular complexity index is 608. The third-order valence-corrected chi connectivity index (χ3v) is 6.79. The molecule has 0 radical (unpaired) electrons. The summed E-state index contributed by atoms with van der Waals surface area (Å²) in [6, 6.07) is 9.32. The minimum absolute atomic E-state index is 0.613. The molecule has 0 heterocycles. The zero-order valence-electron chi connectivity index (χ0n) is 16.8. The number of rotatable bonds is 4. The summed E-state index contributed by atoms with van der Waals surface area (Å²) in [4.78, 5) is 0.